The van der Waals surface area contributed by atoms with Crippen LogP contribution in [0.15, 0.2) is 34.8 Å². The summed E-state index contributed by atoms with van der Waals surface area (Å²) in [6, 6.07) is 5.66. The topological polar surface area (TPSA) is 96.9 Å². The fourth-order valence-electron chi connectivity index (χ4n) is 1.74. The first-order valence-electron chi connectivity index (χ1n) is 5.77. The Balaban J connectivity index is 2.36. The molecule has 4 N–H and O–H groups in total. The number of oxime groups is 1. The zero-order valence-electron chi connectivity index (χ0n) is 11.0. The summed E-state index contributed by atoms with van der Waals surface area (Å²) in [6.07, 6.45) is 0. The Morgan fingerprint density at radius 1 is 1.48 bits per heavy atom. The number of rotatable bonds is 4. The number of carbonyl (C=O) groups excluding carboxylic acids is 1. The summed E-state index contributed by atoms with van der Waals surface area (Å²) in [5.41, 5.74) is 5.36. The largest absolute Gasteiger partial charge is 0.495 e. The average molecular weight is 309 g/mol. The number of halogens is 1. The van der Waals surface area contributed by atoms with Crippen molar-refractivity contribution in [1.82, 2.24) is 0 Å². The first-order chi connectivity index (χ1) is 10.1. The van der Waals surface area contributed by atoms with Gasteiger partial charge in [0.2, 0.25) is 0 Å². The molecule has 0 unspecified atom stereocenters. The highest BCUT2D eigenvalue weighted by atomic mass is 32.1. The molecule has 0 atom stereocenters. The molecule has 0 saturated carbocycles. The van der Waals surface area contributed by atoms with E-state index in [9.17, 15) is 9.18 Å². The van der Waals surface area contributed by atoms with E-state index in [1.165, 1.54) is 30.6 Å². The molecule has 0 aliphatic rings. The molecule has 0 aliphatic heterocycles. The molecule has 0 radical (unpaired) electrons. The lowest BCUT2D eigenvalue weighted by molar-refractivity contribution is 0.102. The van der Waals surface area contributed by atoms with Crippen LogP contribution in [-0.2, 0) is 0 Å². The van der Waals surface area contributed by atoms with Crippen molar-refractivity contribution >= 4 is 28.8 Å². The summed E-state index contributed by atoms with van der Waals surface area (Å²) in [5, 5.41) is 15.7. The van der Waals surface area contributed by atoms with Gasteiger partial charge in [-0.1, -0.05) is 11.2 Å². The van der Waals surface area contributed by atoms with E-state index in [0.29, 0.717) is 10.6 Å². The SMILES string of the molecule is COc1ccsc1C(=O)Nc1cccc(F)c1/C(N)=N/O. The van der Waals surface area contributed by atoms with Gasteiger partial charge in [-0.3, -0.25) is 4.79 Å². The fourth-order valence-corrected chi connectivity index (χ4v) is 2.49. The van der Waals surface area contributed by atoms with Gasteiger partial charge in [-0.2, -0.15) is 0 Å². The van der Waals surface area contributed by atoms with E-state index in [1.54, 1.807) is 11.4 Å². The number of hydrogen-bond acceptors (Lipinski definition) is 5. The molecule has 8 heteroatoms. The van der Waals surface area contributed by atoms with Gasteiger partial charge in [0.15, 0.2) is 5.84 Å². The number of nitrogens with two attached hydrogens (primary N) is 1. The molecule has 1 aromatic carbocycles. The van der Waals surface area contributed by atoms with Gasteiger partial charge < -0.3 is 21.0 Å². The third-order valence-corrected chi connectivity index (χ3v) is 3.58. The van der Waals surface area contributed by atoms with Gasteiger partial charge in [-0.15, -0.1) is 11.3 Å². The predicted molar refractivity (Wildman–Crippen MR) is 77.7 cm³/mol. The molecule has 21 heavy (non-hydrogen) atoms. The number of anilines is 1. The second-order valence-electron chi connectivity index (χ2n) is 3.92. The molecule has 2 aromatic rings. The molecule has 110 valence electrons. The molecule has 0 saturated heterocycles. The van der Waals surface area contributed by atoms with E-state index in [0.717, 1.165) is 6.07 Å². The number of thiophene rings is 1. The predicted octanol–water partition coefficient (Wildman–Crippen LogP) is 2.24. The van der Waals surface area contributed by atoms with Crippen LogP contribution in [0.2, 0.25) is 0 Å². The summed E-state index contributed by atoms with van der Waals surface area (Å²) < 4.78 is 18.8. The van der Waals surface area contributed by atoms with Crippen LogP contribution in [0.5, 0.6) is 5.75 Å². The highest BCUT2D eigenvalue weighted by Crippen LogP contribution is 2.26. The third kappa shape index (κ3) is 2.95. The summed E-state index contributed by atoms with van der Waals surface area (Å²) >= 11 is 1.18. The summed E-state index contributed by atoms with van der Waals surface area (Å²) in [5.74, 6) is -1.19. The minimum absolute atomic E-state index is 0.103. The molecule has 1 amide bonds. The number of nitrogens with one attached hydrogen (secondary N) is 1. The van der Waals surface area contributed by atoms with E-state index in [-0.39, 0.29) is 11.3 Å². The van der Waals surface area contributed by atoms with Gasteiger partial charge in [-0.05, 0) is 23.6 Å². The van der Waals surface area contributed by atoms with Gasteiger partial charge in [0.1, 0.15) is 16.4 Å². The van der Waals surface area contributed by atoms with Crippen molar-refractivity contribution in [2.75, 3.05) is 12.4 Å². The Kier molecular flexibility index (Phi) is 4.39. The van der Waals surface area contributed by atoms with E-state index in [4.69, 9.17) is 15.7 Å². The average Bonchev–Trinajstić information content (AvgIpc) is 2.95. The third-order valence-electron chi connectivity index (χ3n) is 2.68. The lowest BCUT2D eigenvalue weighted by Crippen LogP contribution is -2.20. The molecule has 0 bridgehead atoms. The molecular weight excluding hydrogens is 297 g/mol. The van der Waals surface area contributed by atoms with Crippen molar-refractivity contribution < 1.29 is 19.1 Å². The molecule has 2 rings (SSSR count). The zero-order chi connectivity index (χ0) is 15.4. The molecular formula is C13H12FN3O3S. The Bertz CT molecular complexity index is 700. The van der Waals surface area contributed by atoms with Crippen LogP contribution in [0.25, 0.3) is 0 Å². The molecule has 6 nitrogen and oxygen atoms in total. The van der Waals surface area contributed by atoms with Crippen LogP contribution in [0.3, 0.4) is 0 Å². The van der Waals surface area contributed by atoms with Gasteiger partial charge in [0.05, 0.1) is 18.4 Å². The Labute approximate surface area is 123 Å². The van der Waals surface area contributed by atoms with Gasteiger partial charge >= 0.3 is 0 Å². The Hall–Kier alpha value is -2.61. The molecule has 0 fully saturated rings. The van der Waals surface area contributed by atoms with Crippen molar-refractivity contribution in [3.63, 3.8) is 0 Å². The zero-order valence-corrected chi connectivity index (χ0v) is 11.8. The van der Waals surface area contributed by atoms with Crippen molar-refractivity contribution in [1.29, 1.82) is 0 Å². The second kappa shape index (κ2) is 6.23. The van der Waals surface area contributed by atoms with Crippen molar-refractivity contribution in [2.45, 2.75) is 0 Å². The van der Waals surface area contributed by atoms with Crippen LogP contribution in [0, 0.1) is 5.82 Å². The number of ether oxygens (including phenoxy) is 1. The highest BCUT2D eigenvalue weighted by molar-refractivity contribution is 7.12. The van der Waals surface area contributed by atoms with E-state index < -0.39 is 17.6 Å². The van der Waals surface area contributed by atoms with E-state index in [1.807, 2.05) is 0 Å². The fraction of sp³-hybridized carbons (Fsp3) is 0.0769. The first kappa shape index (κ1) is 14.8. The number of methoxy groups -OCH3 is 1. The van der Waals surface area contributed by atoms with Crippen LogP contribution in [0.1, 0.15) is 15.2 Å². The summed E-state index contributed by atoms with van der Waals surface area (Å²) in [4.78, 5) is 12.5. The Morgan fingerprint density at radius 3 is 2.90 bits per heavy atom. The maximum absolute atomic E-state index is 13.8. The number of carbonyl (C=O) groups is 1. The smallest absolute Gasteiger partial charge is 0.269 e. The minimum Gasteiger partial charge on any atom is -0.495 e. The molecule has 1 aromatic heterocycles. The van der Waals surface area contributed by atoms with E-state index >= 15 is 0 Å². The van der Waals surface area contributed by atoms with Crippen LogP contribution in [0.4, 0.5) is 10.1 Å². The summed E-state index contributed by atoms with van der Waals surface area (Å²) in [7, 11) is 1.45. The Morgan fingerprint density at radius 2 is 2.24 bits per heavy atom. The normalized spacial score (nSPS) is 11.2. The number of amidine groups is 1. The minimum atomic E-state index is -0.707. The molecule has 1 heterocycles. The number of benzene rings is 1. The second-order valence-corrected chi connectivity index (χ2v) is 4.84. The van der Waals surface area contributed by atoms with E-state index in [2.05, 4.69) is 10.5 Å². The van der Waals surface area contributed by atoms with Crippen LogP contribution in [-0.4, -0.2) is 24.1 Å². The number of amides is 1. The van der Waals surface area contributed by atoms with Crippen LogP contribution < -0.4 is 15.8 Å². The maximum atomic E-state index is 13.8. The summed E-state index contributed by atoms with van der Waals surface area (Å²) in [6.45, 7) is 0. The monoisotopic (exact) mass is 309 g/mol. The van der Waals surface area contributed by atoms with Crippen LogP contribution >= 0.6 is 11.3 Å². The van der Waals surface area contributed by atoms with Gasteiger partial charge in [0, 0.05) is 0 Å². The lowest BCUT2D eigenvalue weighted by atomic mass is 10.1. The van der Waals surface area contributed by atoms with Gasteiger partial charge in [-0.25, -0.2) is 4.39 Å². The molecule has 0 spiro atoms. The number of hydrogen-bond donors (Lipinski definition) is 3. The van der Waals surface area contributed by atoms with Crippen molar-refractivity contribution in [3.8, 4) is 5.75 Å². The quantitative estimate of drug-likeness (QED) is 0.349. The lowest BCUT2D eigenvalue weighted by Gasteiger charge is -2.10. The molecule has 0 aliphatic carbocycles. The standard InChI is InChI=1S/C13H12FN3O3S/c1-20-9-5-6-21-11(9)13(18)16-8-4-2-3-7(14)10(8)12(15)17-19/h2-6,19H,1H3,(H2,15,17)(H,16,18). The van der Waals surface area contributed by atoms with Crippen molar-refractivity contribution in [2.24, 2.45) is 10.9 Å². The van der Waals surface area contributed by atoms with Gasteiger partial charge in [0.25, 0.3) is 5.91 Å². The first-order valence-corrected chi connectivity index (χ1v) is 6.65. The highest BCUT2D eigenvalue weighted by Gasteiger charge is 2.18. The maximum Gasteiger partial charge on any atom is 0.269 e. The number of nitrogens with zero attached hydrogens (tertiary/aromatic N) is 1. The van der Waals surface area contributed by atoms with Crippen molar-refractivity contribution in [3.05, 3.63) is 45.9 Å².